The Balaban J connectivity index is 3.49. The van der Waals surface area contributed by atoms with Crippen LogP contribution >= 0.6 is 0 Å². The van der Waals surface area contributed by atoms with Crippen LogP contribution in [-0.2, 0) is 4.79 Å². The van der Waals surface area contributed by atoms with E-state index in [-0.39, 0.29) is 0 Å². The highest BCUT2D eigenvalue weighted by Gasteiger charge is 2.08. The minimum absolute atomic E-state index is 0.326. The molecule has 0 aromatic carbocycles. The fraction of sp³-hybridized carbons (Fsp3) is 0.950. The number of hydrogen-bond donors (Lipinski definition) is 1. The quantitative estimate of drug-likeness (QED) is 0.342. The largest absolute Gasteiger partial charge is 0.481 e. The second-order valence-electron chi connectivity index (χ2n) is 7.61. The molecule has 0 aliphatic carbocycles. The van der Waals surface area contributed by atoms with Gasteiger partial charge in [-0.1, -0.05) is 91.9 Å². The zero-order valence-corrected chi connectivity index (χ0v) is 15.6. The van der Waals surface area contributed by atoms with E-state index in [1.807, 2.05) is 0 Å². The molecule has 0 rings (SSSR count). The van der Waals surface area contributed by atoms with Gasteiger partial charge < -0.3 is 5.11 Å². The summed E-state index contributed by atoms with van der Waals surface area (Å²) in [5.74, 6) is 1.62. The fourth-order valence-electron chi connectivity index (χ4n) is 3.18. The predicted molar refractivity (Wildman–Crippen MR) is 96.2 cm³/mol. The molecule has 0 aromatic rings. The first-order chi connectivity index (χ1) is 10.5. The number of carbonyl (C=O) groups is 1. The highest BCUT2D eigenvalue weighted by molar-refractivity contribution is 5.66. The molecule has 0 radical (unpaired) electrons. The Labute approximate surface area is 139 Å². The van der Waals surface area contributed by atoms with Crippen LogP contribution in [0.3, 0.4) is 0 Å². The van der Waals surface area contributed by atoms with Crippen molar-refractivity contribution in [3.8, 4) is 0 Å². The number of rotatable bonds is 15. The van der Waals surface area contributed by atoms with Crippen molar-refractivity contribution in [3.05, 3.63) is 0 Å². The van der Waals surface area contributed by atoms with Gasteiger partial charge in [-0.25, -0.2) is 0 Å². The first-order valence-corrected chi connectivity index (χ1v) is 9.67. The zero-order valence-electron chi connectivity index (χ0n) is 15.6. The fourth-order valence-corrected chi connectivity index (χ4v) is 3.18. The van der Waals surface area contributed by atoms with Gasteiger partial charge >= 0.3 is 5.97 Å². The van der Waals surface area contributed by atoms with Crippen LogP contribution < -0.4 is 0 Å². The van der Waals surface area contributed by atoms with Gasteiger partial charge in [-0.3, -0.25) is 4.79 Å². The van der Waals surface area contributed by atoms with E-state index in [0.717, 1.165) is 18.3 Å². The second-order valence-corrected chi connectivity index (χ2v) is 7.61. The van der Waals surface area contributed by atoms with Crippen molar-refractivity contribution in [2.75, 3.05) is 0 Å². The van der Waals surface area contributed by atoms with E-state index >= 15 is 0 Å². The van der Waals surface area contributed by atoms with Gasteiger partial charge in [0.2, 0.25) is 0 Å². The lowest BCUT2D eigenvalue weighted by atomic mass is 9.91. The van der Waals surface area contributed by atoms with Crippen LogP contribution in [-0.4, -0.2) is 11.1 Å². The van der Waals surface area contributed by atoms with Crippen molar-refractivity contribution in [3.63, 3.8) is 0 Å². The van der Waals surface area contributed by atoms with E-state index in [1.54, 1.807) is 0 Å². The van der Waals surface area contributed by atoms with Crippen molar-refractivity contribution in [1.82, 2.24) is 0 Å². The lowest BCUT2D eigenvalue weighted by Crippen LogP contribution is -2.03. The summed E-state index contributed by atoms with van der Waals surface area (Å²) in [4.78, 5) is 10.5. The minimum atomic E-state index is -0.659. The van der Waals surface area contributed by atoms with Crippen LogP contribution in [0, 0.1) is 17.8 Å². The van der Waals surface area contributed by atoms with Gasteiger partial charge in [-0.05, 0) is 24.2 Å². The predicted octanol–water partition coefficient (Wildman–Crippen LogP) is 6.68. The summed E-state index contributed by atoms with van der Waals surface area (Å²) < 4.78 is 0. The third-order valence-corrected chi connectivity index (χ3v) is 4.94. The summed E-state index contributed by atoms with van der Waals surface area (Å²) in [6.45, 7) is 9.24. The summed E-state index contributed by atoms with van der Waals surface area (Å²) in [5.41, 5.74) is 0. The van der Waals surface area contributed by atoms with Crippen LogP contribution in [0.5, 0.6) is 0 Å². The van der Waals surface area contributed by atoms with Crippen LogP contribution in [0.4, 0.5) is 0 Å². The van der Waals surface area contributed by atoms with E-state index in [1.165, 1.54) is 64.2 Å². The van der Waals surface area contributed by atoms with Gasteiger partial charge in [0, 0.05) is 6.42 Å². The number of aliphatic carboxylic acids is 1. The van der Waals surface area contributed by atoms with Crippen molar-refractivity contribution in [2.45, 2.75) is 105 Å². The van der Waals surface area contributed by atoms with Crippen molar-refractivity contribution < 1.29 is 9.90 Å². The first-order valence-electron chi connectivity index (χ1n) is 9.67. The lowest BCUT2D eigenvalue weighted by Gasteiger charge is -2.15. The molecule has 0 aliphatic rings. The molecule has 0 fully saturated rings. The van der Waals surface area contributed by atoms with Crippen molar-refractivity contribution in [1.29, 1.82) is 0 Å². The first kappa shape index (κ1) is 21.5. The third-order valence-electron chi connectivity index (χ3n) is 4.94. The third kappa shape index (κ3) is 14.4. The zero-order chi connectivity index (χ0) is 16.8. The van der Waals surface area contributed by atoms with Gasteiger partial charge in [-0.2, -0.15) is 0 Å². The molecule has 3 atom stereocenters. The van der Waals surface area contributed by atoms with E-state index in [9.17, 15) is 4.79 Å². The highest BCUT2D eigenvalue weighted by Crippen LogP contribution is 2.22. The maximum absolute atomic E-state index is 10.5. The molecule has 2 heteroatoms. The van der Waals surface area contributed by atoms with Crippen LogP contribution in [0.15, 0.2) is 0 Å². The van der Waals surface area contributed by atoms with Crippen LogP contribution in [0.25, 0.3) is 0 Å². The molecule has 0 saturated carbocycles. The van der Waals surface area contributed by atoms with E-state index in [2.05, 4.69) is 27.7 Å². The second kappa shape index (κ2) is 14.1. The SMILES string of the molecule is CCCCCC(C)CCCC(C)CCCC(C)CCC(=O)O. The molecular weight excluding hydrogens is 272 g/mol. The molecule has 1 N–H and O–H groups in total. The Morgan fingerprint density at radius 2 is 1.14 bits per heavy atom. The van der Waals surface area contributed by atoms with Gasteiger partial charge in [0.05, 0.1) is 0 Å². The average molecular weight is 313 g/mol. The Bertz CT molecular complexity index is 262. The molecule has 2 nitrogen and oxygen atoms in total. The molecule has 132 valence electrons. The molecule has 22 heavy (non-hydrogen) atoms. The average Bonchev–Trinajstić information content (AvgIpc) is 2.45. The number of hydrogen-bond acceptors (Lipinski definition) is 1. The smallest absolute Gasteiger partial charge is 0.303 e. The molecule has 0 aromatic heterocycles. The summed E-state index contributed by atoms with van der Waals surface area (Å²) in [6.07, 6.45) is 14.6. The van der Waals surface area contributed by atoms with Crippen molar-refractivity contribution >= 4 is 5.97 Å². The van der Waals surface area contributed by atoms with Crippen molar-refractivity contribution in [2.24, 2.45) is 17.8 Å². The van der Waals surface area contributed by atoms with Gasteiger partial charge in [0.25, 0.3) is 0 Å². The molecule has 0 saturated heterocycles. The molecule has 3 unspecified atom stereocenters. The molecule has 0 spiro atoms. The Kier molecular flexibility index (Phi) is 13.7. The molecule has 0 bridgehead atoms. The summed E-state index contributed by atoms with van der Waals surface area (Å²) in [6, 6.07) is 0. The molecule has 0 aliphatic heterocycles. The van der Waals surface area contributed by atoms with E-state index in [4.69, 9.17) is 5.11 Å². The monoisotopic (exact) mass is 312 g/mol. The van der Waals surface area contributed by atoms with Gasteiger partial charge in [-0.15, -0.1) is 0 Å². The van der Waals surface area contributed by atoms with Gasteiger partial charge in [0.1, 0.15) is 0 Å². The topological polar surface area (TPSA) is 37.3 Å². The molecule has 0 amide bonds. The summed E-state index contributed by atoms with van der Waals surface area (Å²) in [5, 5.41) is 8.69. The van der Waals surface area contributed by atoms with Crippen LogP contribution in [0.1, 0.15) is 105 Å². The molecular formula is C20H40O2. The number of carboxylic acids is 1. The highest BCUT2D eigenvalue weighted by atomic mass is 16.4. The Morgan fingerprint density at radius 3 is 1.55 bits per heavy atom. The van der Waals surface area contributed by atoms with Crippen LogP contribution in [0.2, 0.25) is 0 Å². The lowest BCUT2D eigenvalue weighted by molar-refractivity contribution is -0.137. The molecule has 0 heterocycles. The van der Waals surface area contributed by atoms with Gasteiger partial charge in [0.15, 0.2) is 0 Å². The standard InChI is InChI=1S/C20H40O2/c1-5-6-7-10-17(2)11-8-12-18(3)13-9-14-19(4)15-16-20(21)22/h17-19H,5-16H2,1-4H3,(H,21,22). The maximum Gasteiger partial charge on any atom is 0.303 e. The summed E-state index contributed by atoms with van der Waals surface area (Å²) in [7, 11) is 0. The normalized spacial score (nSPS) is 15.5. The number of carboxylic acid groups (broad SMARTS) is 1. The number of unbranched alkanes of at least 4 members (excludes halogenated alkanes) is 2. The Hall–Kier alpha value is -0.530. The van der Waals surface area contributed by atoms with E-state index in [0.29, 0.717) is 12.3 Å². The summed E-state index contributed by atoms with van der Waals surface area (Å²) >= 11 is 0. The minimum Gasteiger partial charge on any atom is -0.481 e. The maximum atomic E-state index is 10.5. The van der Waals surface area contributed by atoms with E-state index < -0.39 is 5.97 Å². The Morgan fingerprint density at radius 1 is 0.727 bits per heavy atom.